The average molecular weight is 548 g/mol. The van der Waals surface area contributed by atoms with E-state index in [0.29, 0.717) is 29.1 Å². The van der Waals surface area contributed by atoms with E-state index in [1.54, 1.807) is 16.0 Å². The number of aryl methyl sites for hydroxylation is 1. The van der Waals surface area contributed by atoms with Crippen molar-refractivity contribution < 1.29 is 19.2 Å². The van der Waals surface area contributed by atoms with Crippen LogP contribution in [0, 0.1) is 6.92 Å². The third kappa shape index (κ3) is 4.21. The van der Waals surface area contributed by atoms with Crippen molar-refractivity contribution >= 4 is 46.6 Å². The van der Waals surface area contributed by atoms with Crippen molar-refractivity contribution in [1.29, 1.82) is 0 Å². The quantitative estimate of drug-likeness (QED) is 0.388. The number of aliphatic hydroxyl groups excluding tert-OH is 1. The highest BCUT2D eigenvalue weighted by Gasteiger charge is 2.50. The van der Waals surface area contributed by atoms with Gasteiger partial charge in [0, 0.05) is 31.4 Å². The molecule has 1 N–H and O–H groups in total. The van der Waals surface area contributed by atoms with E-state index in [9.17, 15) is 9.90 Å². The third-order valence-electron chi connectivity index (χ3n) is 7.08. The Morgan fingerprint density at radius 3 is 2.46 bits per heavy atom. The van der Waals surface area contributed by atoms with E-state index < -0.39 is 12.0 Å². The Morgan fingerprint density at radius 2 is 1.84 bits per heavy atom. The van der Waals surface area contributed by atoms with Gasteiger partial charge < -0.3 is 19.6 Å². The molecule has 0 bridgehead atoms. The molecular weight excluding hydrogens is 515 g/mol. The third-order valence-corrected chi connectivity index (χ3v) is 7.85. The lowest BCUT2D eigenvalue weighted by Gasteiger charge is -2.47. The molecule has 0 spiro atoms. The number of carbonyl (C=O) groups is 1. The summed E-state index contributed by atoms with van der Waals surface area (Å²) < 4.78 is 7.53. The Balaban J connectivity index is 1.59. The van der Waals surface area contributed by atoms with Crippen LogP contribution >= 0.6 is 23.2 Å². The summed E-state index contributed by atoms with van der Waals surface area (Å²) in [6.45, 7) is 14.6. The lowest BCUT2D eigenvalue weighted by molar-refractivity contribution is -0.698. The first-order valence-corrected chi connectivity index (χ1v) is 13.3. The highest BCUT2D eigenvalue weighted by atomic mass is 35.5. The van der Waals surface area contributed by atoms with Crippen molar-refractivity contribution in [3.05, 3.63) is 45.3 Å². The number of rotatable bonds is 0. The van der Waals surface area contributed by atoms with Gasteiger partial charge in [-0.25, -0.2) is 9.36 Å². The number of amidine groups is 1. The van der Waals surface area contributed by atoms with Crippen molar-refractivity contribution in [1.82, 2.24) is 14.8 Å². The zero-order valence-electron chi connectivity index (χ0n) is 22.2. The van der Waals surface area contributed by atoms with Gasteiger partial charge in [0.25, 0.3) is 5.82 Å². The number of aromatic nitrogens is 2. The predicted octanol–water partition coefficient (Wildman–Crippen LogP) is 4.41. The molecule has 3 aliphatic heterocycles. The smallest absolute Gasteiger partial charge is 0.410 e. The van der Waals surface area contributed by atoms with Gasteiger partial charge in [0.1, 0.15) is 33.8 Å². The molecule has 1 saturated heterocycles. The SMILES string of the molecule is Cc1ccnc2c1N1c3c(cc(Cl)c(Cl)[n+]3C2C)C(N2[C@@H](C)CN(C(=O)OC(C)(C)C)C[C@@H]2C)=NC1O. The number of aliphatic hydroxyl groups is 1. The van der Waals surface area contributed by atoms with E-state index in [0.717, 1.165) is 28.3 Å². The first-order chi connectivity index (χ1) is 17.3. The van der Waals surface area contributed by atoms with Crippen LogP contribution in [0.5, 0.6) is 0 Å². The maximum absolute atomic E-state index is 12.8. The Labute approximate surface area is 227 Å². The van der Waals surface area contributed by atoms with Gasteiger partial charge in [0.05, 0.1) is 0 Å². The molecule has 4 atom stereocenters. The topological polar surface area (TPSA) is 85.4 Å². The number of hydrogen-bond donors (Lipinski definition) is 1. The summed E-state index contributed by atoms with van der Waals surface area (Å²) >= 11 is 13.4. The summed E-state index contributed by atoms with van der Waals surface area (Å²) in [7, 11) is 0. The molecule has 0 radical (unpaired) electrons. The van der Waals surface area contributed by atoms with Gasteiger partial charge in [-0.05, 0) is 77.8 Å². The molecule has 2 unspecified atom stereocenters. The number of fused-ring (bicyclic) bond motifs is 2. The maximum Gasteiger partial charge on any atom is 0.410 e. The van der Waals surface area contributed by atoms with E-state index in [4.69, 9.17) is 32.9 Å². The molecule has 5 heterocycles. The van der Waals surface area contributed by atoms with Crippen LogP contribution in [0.3, 0.4) is 0 Å². The molecule has 2 aromatic heterocycles. The first kappa shape index (κ1) is 26.0. The molecule has 2 aromatic rings. The van der Waals surface area contributed by atoms with Crippen molar-refractivity contribution in [2.24, 2.45) is 4.99 Å². The van der Waals surface area contributed by atoms with Gasteiger partial charge in [0.15, 0.2) is 5.69 Å². The summed E-state index contributed by atoms with van der Waals surface area (Å²) in [6.07, 6.45) is 0.232. The molecule has 3 aliphatic rings. The number of anilines is 2. The van der Waals surface area contributed by atoms with Gasteiger partial charge >= 0.3 is 12.4 Å². The van der Waals surface area contributed by atoms with Crippen molar-refractivity contribution in [3.8, 4) is 0 Å². The summed E-state index contributed by atoms with van der Waals surface area (Å²) in [5, 5.41) is 12.2. The van der Waals surface area contributed by atoms with Crippen molar-refractivity contribution in [2.75, 3.05) is 18.0 Å². The van der Waals surface area contributed by atoms with Crippen LogP contribution in [0.25, 0.3) is 0 Å². The fourth-order valence-corrected chi connectivity index (χ4v) is 6.14. The normalized spacial score (nSPS) is 24.9. The fourth-order valence-electron chi connectivity index (χ4n) is 5.65. The van der Waals surface area contributed by atoms with Crippen LogP contribution in [0.1, 0.15) is 64.4 Å². The highest BCUT2D eigenvalue weighted by molar-refractivity contribution is 6.41. The molecule has 1 fully saturated rings. The number of halogens is 2. The van der Waals surface area contributed by atoms with Crippen LogP contribution < -0.4 is 9.47 Å². The number of ether oxygens (including phenoxy) is 1. The van der Waals surface area contributed by atoms with Crippen LogP contribution in [0.2, 0.25) is 10.2 Å². The van der Waals surface area contributed by atoms with Crippen LogP contribution in [-0.4, -0.2) is 68.9 Å². The minimum absolute atomic E-state index is 0.0967. The Bertz CT molecular complexity index is 1300. The van der Waals surface area contributed by atoms with Crippen LogP contribution in [-0.2, 0) is 4.74 Å². The molecule has 0 aliphatic carbocycles. The molecule has 9 nitrogen and oxygen atoms in total. The number of aliphatic imine (C=N–C) groups is 1. The number of piperazine rings is 1. The van der Waals surface area contributed by atoms with Gasteiger partial charge in [-0.15, -0.1) is 0 Å². The minimum Gasteiger partial charge on any atom is -0.444 e. The zero-order chi connectivity index (χ0) is 27.0. The Morgan fingerprint density at radius 1 is 1.19 bits per heavy atom. The van der Waals surface area contributed by atoms with Gasteiger partial charge in [-0.1, -0.05) is 11.6 Å². The van der Waals surface area contributed by atoms with E-state index >= 15 is 0 Å². The molecule has 0 saturated carbocycles. The molecule has 0 aromatic carbocycles. The molecular formula is C26H33Cl2N6O3+. The largest absolute Gasteiger partial charge is 0.444 e. The monoisotopic (exact) mass is 547 g/mol. The Kier molecular flexibility index (Phi) is 6.32. The zero-order valence-corrected chi connectivity index (χ0v) is 23.7. The number of amides is 1. The summed E-state index contributed by atoms with van der Waals surface area (Å²) in [4.78, 5) is 27.9. The molecule has 5 rings (SSSR count). The van der Waals surface area contributed by atoms with Crippen molar-refractivity contribution in [3.63, 3.8) is 0 Å². The molecule has 1 amide bonds. The Hall–Kier alpha value is -2.62. The maximum atomic E-state index is 12.8. The number of nitrogens with zero attached hydrogens (tertiary/aromatic N) is 6. The van der Waals surface area contributed by atoms with E-state index in [1.807, 2.05) is 65.2 Å². The second kappa shape index (κ2) is 8.99. The number of carbonyl (C=O) groups excluding carboxylic acids is 1. The fraction of sp³-hybridized carbons (Fsp3) is 0.538. The summed E-state index contributed by atoms with van der Waals surface area (Å²) in [5.41, 5.74) is 2.78. The first-order valence-electron chi connectivity index (χ1n) is 12.5. The van der Waals surface area contributed by atoms with Crippen LogP contribution in [0.15, 0.2) is 23.3 Å². The average Bonchev–Trinajstić information content (AvgIpc) is 2.79. The summed E-state index contributed by atoms with van der Waals surface area (Å²) in [5.74, 6) is 1.34. The highest BCUT2D eigenvalue weighted by Crippen LogP contribution is 2.45. The molecule has 198 valence electrons. The van der Waals surface area contributed by atoms with E-state index in [1.165, 1.54) is 0 Å². The molecule has 11 heteroatoms. The lowest BCUT2D eigenvalue weighted by Crippen LogP contribution is -2.62. The lowest BCUT2D eigenvalue weighted by atomic mass is 9.99. The van der Waals surface area contributed by atoms with Crippen LogP contribution in [0.4, 0.5) is 16.3 Å². The van der Waals surface area contributed by atoms with E-state index in [2.05, 4.69) is 9.88 Å². The van der Waals surface area contributed by atoms with Gasteiger partial charge in [0.2, 0.25) is 5.15 Å². The van der Waals surface area contributed by atoms with Crippen molar-refractivity contribution in [2.45, 2.75) is 78.5 Å². The van der Waals surface area contributed by atoms with Gasteiger partial charge in [-0.3, -0.25) is 4.98 Å². The second-order valence-corrected chi connectivity index (χ2v) is 11.9. The second-order valence-electron chi connectivity index (χ2n) is 11.1. The van der Waals surface area contributed by atoms with E-state index in [-0.39, 0.29) is 24.2 Å². The molecule has 37 heavy (non-hydrogen) atoms. The standard InChI is InChI=1S/C26H33Cl2N6O3/c1-13-8-9-29-19-16(4)33-21(28)18(27)10-17-22(30-24(35)34(20(13)19)23(17)33)32-14(2)11-31(12-15(32)3)25(36)37-26(5,6)7/h8-10,14-16,24,35H,11-12H2,1-7H3/q+1/t14-,15-,16?,24?/m0/s1. The van der Waals surface area contributed by atoms with Gasteiger partial charge in [-0.2, -0.15) is 9.89 Å². The number of hydrogen-bond acceptors (Lipinski definition) is 7. The minimum atomic E-state index is -1.19. The summed E-state index contributed by atoms with van der Waals surface area (Å²) in [6, 6.07) is 3.33. The predicted molar refractivity (Wildman–Crippen MR) is 143 cm³/mol. The number of pyridine rings is 2.